The molecule has 0 aromatic carbocycles. The number of hydrogen-bond acceptors (Lipinski definition) is 3. The van der Waals surface area contributed by atoms with Crippen LogP contribution in [0.3, 0.4) is 0 Å². The SMILES string of the molecule is NC(=O)[C@@]1(C(=O)O)CCCN1C=O. The molecule has 1 heterocycles. The Balaban J connectivity index is 3.09. The highest BCUT2D eigenvalue weighted by atomic mass is 16.4. The molecule has 6 nitrogen and oxygen atoms in total. The normalized spacial score (nSPS) is 27.2. The van der Waals surface area contributed by atoms with E-state index >= 15 is 0 Å². The maximum Gasteiger partial charge on any atom is 0.339 e. The van der Waals surface area contributed by atoms with Gasteiger partial charge in [-0.1, -0.05) is 0 Å². The second-order valence-electron chi connectivity index (χ2n) is 2.93. The summed E-state index contributed by atoms with van der Waals surface area (Å²) in [5.41, 5.74) is 3.16. The average Bonchev–Trinajstić information content (AvgIpc) is 2.47. The topological polar surface area (TPSA) is 101 Å². The van der Waals surface area contributed by atoms with Crippen molar-refractivity contribution in [1.82, 2.24) is 4.90 Å². The maximum absolute atomic E-state index is 11.0. The number of nitrogens with zero attached hydrogens (tertiary/aromatic N) is 1. The van der Waals surface area contributed by atoms with Gasteiger partial charge in [-0.15, -0.1) is 0 Å². The van der Waals surface area contributed by atoms with Crippen molar-refractivity contribution in [2.45, 2.75) is 18.4 Å². The fraction of sp³-hybridized carbons (Fsp3) is 0.571. The van der Waals surface area contributed by atoms with Crippen LogP contribution in [0.15, 0.2) is 0 Å². The first-order valence-electron chi connectivity index (χ1n) is 3.81. The van der Waals surface area contributed by atoms with Gasteiger partial charge in [-0.05, 0) is 12.8 Å². The van der Waals surface area contributed by atoms with Gasteiger partial charge in [0, 0.05) is 6.54 Å². The van der Waals surface area contributed by atoms with Crippen LogP contribution >= 0.6 is 0 Å². The first-order valence-corrected chi connectivity index (χ1v) is 3.81. The zero-order chi connectivity index (χ0) is 10.1. The third-order valence-corrected chi connectivity index (χ3v) is 2.32. The average molecular weight is 186 g/mol. The van der Waals surface area contributed by atoms with Crippen molar-refractivity contribution < 1.29 is 19.5 Å². The Morgan fingerprint density at radius 3 is 2.46 bits per heavy atom. The molecule has 3 N–H and O–H groups in total. The highest BCUT2D eigenvalue weighted by molar-refractivity contribution is 6.07. The van der Waals surface area contributed by atoms with Crippen molar-refractivity contribution in [2.24, 2.45) is 5.73 Å². The molecule has 1 aliphatic heterocycles. The number of amides is 2. The highest BCUT2D eigenvalue weighted by Crippen LogP contribution is 2.27. The van der Waals surface area contributed by atoms with E-state index in [0.29, 0.717) is 12.8 Å². The van der Waals surface area contributed by atoms with E-state index in [1.54, 1.807) is 0 Å². The summed E-state index contributed by atoms with van der Waals surface area (Å²) >= 11 is 0. The number of nitrogens with two attached hydrogens (primary N) is 1. The molecule has 0 aromatic heterocycles. The molecule has 0 radical (unpaired) electrons. The first-order chi connectivity index (χ1) is 6.05. The van der Waals surface area contributed by atoms with Gasteiger partial charge >= 0.3 is 5.97 Å². The number of hydrogen-bond donors (Lipinski definition) is 2. The van der Waals surface area contributed by atoms with Crippen LogP contribution < -0.4 is 5.73 Å². The Morgan fingerprint density at radius 2 is 2.15 bits per heavy atom. The van der Waals surface area contributed by atoms with Crippen LogP contribution in [0.25, 0.3) is 0 Å². The zero-order valence-corrected chi connectivity index (χ0v) is 6.90. The van der Waals surface area contributed by atoms with Crippen molar-refractivity contribution >= 4 is 18.3 Å². The smallest absolute Gasteiger partial charge is 0.339 e. The van der Waals surface area contributed by atoms with Crippen LogP contribution in [0.4, 0.5) is 0 Å². The number of likely N-dealkylation sites (tertiary alicyclic amines) is 1. The summed E-state index contributed by atoms with van der Waals surface area (Å²) in [7, 11) is 0. The van der Waals surface area contributed by atoms with E-state index in [4.69, 9.17) is 10.8 Å². The third kappa shape index (κ3) is 1.14. The number of carboxylic acids is 1. The summed E-state index contributed by atoms with van der Waals surface area (Å²) in [6, 6.07) is 0. The first kappa shape index (κ1) is 9.50. The third-order valence-electron chi connectivity index (χ3n) is 2.32. The lowest BCUT2D eigenvalue weighted by Gasteiger charge is -2.27. The number of primary amides is 1. The van der Waals surface area contributed by atoms with Gasteiger partial charge < -0.3 is 15.7 Å². The van der Waals surface area contributed by atoms with Crippen molar-refractivity contribution in [3.8, 4) is 0 Å². The zero-order valence-electron chi connectivity index (χ0n) is 6.90. The fourth-order valence-electron chi connectivity index (χ4n) is 1.58. The van der Waals surface area contributed by atoms with Gasteiger partial charge in [-0.3, -0.25) is 9.59 Å². The summed E-state index contributed by atoms with van der Waals surface area (Å²) in [5.74, 6) is -2.34. The van der Waals surface area contributed by atoms with Crippen molar-refractivity contribution in [3.05, 3.63) is 0 Å². The molecule has 1 fully saturated rings. The maximum atomic E-state index is 11.0. The number of rotatable bonds is 3. The largest absolute Gasteiger partial charge is 0.479 e. The van der Waals surface area contributed by atoms with Gasteiger partial charge in [0.15, 0.2) is 0 Å². The van der Waals surface area contributed by atoms with Crippen molar-refractivity contribution in [3.63, 3.8) is 0 Å². The summed E-state index contributed by atoms with van der Waals surface area (Å²) in [6.45, 7) is 0.263. The molecule has 1 atom stereocenters. The van der Waals surface area contributed by atoms with Gasteiger partial charge in [0.2, 0.25) is 11.9 Å². The minimum atomic E-state index is -1.82. The summed E-state index contributed by atoms with van der Waals surface area (Å²) in [6.07, 6.45) is 0.927. The molecule has 13 heavy (non-hydrogen) atoms. The van der Waals surface area contributed by atoms with Crippen molar-refractivity contribution in [2.75, 3.05) is 6.54 Å². The molecule has 0 unspecified atom stereocenters. The summed E-state index contributed by atoms with van der Waals surface area (Å²) < 4.78 is 0. The summed E-state index contributed by atoms with van der Waals surface area (Å²) in [4.78, 5) is 33.2. The van der Waals surface area contributed by atoms with Crippen molar-refractivity contribution in [1.29, 1.82) is 0 Å². The van der Waals surface area contributed by atoms with Crippen LogP contribution in [0, 0.1) is 0 Å². The van der Waals surface area contributed by atoms with E-state index in [2.05, 4.69) is 0 Å². The molecular weight excluding hydrogens is 176 g/mol. The molecular formula is C7H10N2O4. The van der Waals surface area contributed by atoms with Gasteiger partial charge in [-0.25, -0.2) is 4.79 Å². The van der Waals surface area contributed by atoms with E-state index in [-0.39, 0.29) is 13.0 Å². The van der Waals surface area contributed by atoms with E-state index < -0.39 is 17.4 Å². The number of aliphatic carboxylic acids is 1. The lowest BCUT2D eigenvalue weighted by molar-refractivity contribution is -0.158. The molecule has 0 aromatic rings. The van der Waals surface area contributed by atoms with Gasteiger partial charge in [0.05, 0.1) is 0 Å². The Hall–Kier alpha value is -1.59. The Morgan fingerprint density at radius 1 is 1.54 bits per heavy atom. The molecule has 0 aliphatic carbocycles. The Labute approximate surface area is 74.3 Å². The number of carbonyl (C=O) groups is 3. The molecule has 1 saturated heterocycles. The van der Waals surface area contributed by atoms with E-state index in [9.17, 15) is 14.4 Å². The van der Waals surface area contributed by atoms with Crippen LogP contribution in [-0.4, -0.2) is 40.4 Å². The quantitative estimate of drug-likeness (QED) is 0.415. The highest BCUT2D eigenvalue weighted by Gasteiger charge is 2.52. The molecule has 0 saturated carbocycles. The summed E-state index contributed by atoms with van der Waals surface area (Å²) in [5, 5.41) is 8.83. The molecule has 1 aliphatic rings. The molecule has 2 amide bonds. The molecule has 1 rings (SSSR count). The number of carboxylic acid groups (broad SMARTS) is 1. The number of carbonyl (C=O) groups excluding carboxylic acids is 2. The minimum absolute atomic E-state index is 0.0937. The molecule has 0 bridgehead atoms. The Bertz CT molecular complexity index is 249. The molecule has 0 spiro atoms. The van der Waals surface area contributed by atoms with Crippen LogP contribution in [-0.2, 0) is 14.4 Å². The molecule has 72 valence electrons. The van der Waals surface area contributed by atoms with Gasteiger partial charge in [-0.2, -0.15) is 0 Å². The second kappa shape index (κ2) is 3.04. The standard InChI is InChI=1S/C7H10N2O4/c8-5(11)7(6(12)13)2-1-3-9(7)4-10/h4H,1-3H2,(H2,8,11)(H,12,13)/t7-/m1/s1. The molecule has 6 heteroatoms. The predicted molar refractivity (Wildman–Crippen MR) is 41.6 cm³/mol. The lowest BCUT2D eigenvalue weighted by atomic mass is 9.96. The fourth-order valence-corrected chi connectivity index (χ4v) is 1.58. The monoisotopic (exact) mass is 186 g/mol. The lowest BCUT2D eigenvalue weighted by Crippen LogP contribution is -2.58. The Kier molecular flexibility index (Phi) is 2.22. The minimum Gasteiger partial charge on any atom is -0.479 e. The van der Waals surface area contributed by atoms with Crippen LogP contribution in [0.2, 0.25) is 0 Å². The van der Waals surface area contributed by atoms with Crippen LogP contribution in [0.1, 0.15) is 12.8 Å². The van der Waals surface area contributed by atoms with E-state index in [1.807, 2.05) is 0 Å². The van der Waals surface area contributed by atoms with Gasteiger partial charge in [0.1, 0.15) is 0 Å². The van der Waals surface area contributed by atoms with Crippen LogP contribution in [0.5, 0.6) is 0 Å². The van der Waals surface area contributed by atoms with E-state index in [1.165, 1.54) is 0 Å². The van der Waals surface area contributed by atoms with E-state index in [0.717, 1.165) is 4.90 Å². The predicted octanol–water partition coefficient (Wildman–Crippen LogP) is -1.45. The van der Waals surface area contributed by atoms with Gasteiger partial charge in [0.25, 0.3) is 5.91 Å². The second-order valence-corrected chi connectivity index (χ2v) is 2.93.